The Bertz CT molecular complexity index is 921. The Labute approximate surface area is 151 Å². The van der Waals surface area contributed by atoms with Crippen LogP contribution in [0.15, 0.2) is 48.7 Å². The minimum absolute atomic E-state index is 0.181. The van der Waals surface area contributed by atoms with Crippen LogP contribution in [0.1, 0.15) is 16.1 Å². The second-order valence-corrected chi connectivity index (χ2v) is 5.67. The number of ketones is 1. The number of anilines is 1. The SMILES string of the molecule is COc1cc(C(=O)c2cc(-c3cccc(N)c3)c[nH]2)cc(OC)c1OC. The first-order valence-electron chi connectivity index (χ1n) is 7.96. The molecule has 1 heterocycles. The molecule has 0 bridgehead atoms. The highest BCUT2D eigenvalue weighted by molar-refractivity contribution is 6.09. The molecule has 0 aliphatic carbocycles. The molecule has 0 saturated heterocycles. The summed E-state index contributed by atoms with van der Waals surface area (Å²) in [6.07, 6.45) is 1.78. The van der Waals surface area contributed by atoms with Crippen LogP contribution < -0.4 is 19.9 Å². The number of H-pyrrole nitrogens is 1. The summed E-state index contributed by atoms with van der Waals surface area (Å²) < 4.78 is 15.9. The van der Waals surface area contributed by atoms with Gasteiger partial charge in [0.15, 0.2) is 11.5 Å². The first-order valence-corrected chi connectivity index (χ1v) is 7.96. The molecule has 0 aliphatic rings. The van der Waals surface area contributed by atoms with Crippen molar-refractivity contribution >= 4 is 11.5 Å². The van der Waals surface area contributed by atoms with Crippen LogP contribution in [0.25, 0.3) is 11.1 Å². The average Bonchev–Trinajstić information content (AvgIpc) is 3.16. The monoisotopic (exact) mass is 352 g/mol. The number of carbonyl (C=O) groups excluding carboxylic acids is 1. The van der Waals surface area contributed by atoms with Gasteiger partial charge in [-0.15, -0.1) is 0 Å². The van der Waals surface area contributed by atoms with Crippen LogP contribution in [0.4, 0.5) is 5.69 Å². The zero-order chi connectivity index (χ0) is 18.7. The smallest absolute Gasteiger partial charge is 0.209 e. The summed E-state index contributed by atoms with van der Waals surface area (Å²) in [6, 6.07) is 12.5. The predicted octanol–water partition coefficient (Wildman–Crippen LogP) is 3.52. The van der Waals surface area contributed by atoms with Gasteiger partial charge in [-0.3, -0.25) is 4.79 Å². The van der Waals surface area contributed by atoms with Crippen molar-refractivity contribution in [3.8, 4) is 28.4 Å². The molecule has 2 aromatic carbocycles. The van der Waals surface area contributed by atoms with Gasteiger partial charge in [0.1, 0.15) is 0 Å². The van der Waals surface area contributed by atoms with E-state index >= 15 is 0 Å². The number of benzene rings is 2. The number of hydrogen-bond donors (Lipinski definition) is 2. The largest absolute Gasteiger partial charge is 0.493 e. The second-order valence-electron chi connectivity index (χ2n) is 5.67. The van der Waals surface area contributed by atoms with Crippen LogP contribution in [-0.2, 0) is 0 Å². The fraction of sp³-hybridized carbons (Fsp3) is 0.150. The summed E-state index contributed by atoms with van der Waals surface area (Å²) in [4.78, 5) is 15.9. The Morgan fingerprint density at radius 1 is 0.923 bits per heavy atom. The van der Waals surface area contributed by atoms with E-state index in [0.717, 1.165) is 11.1 Å². The molecule has 0 saturated carbocycles. The molecule has 0 fully saturated rings. The number of nitrogen functional groups attached to an aromatic ring is 1. The van der Waals surface area contributed by atoms with Crippen molar-refractivity contribution in [3.63, 3.8) is 0 Å². The van der Waals surface area contributed by atoms with Crippen molar-refractivity contribution in [1.82, 2.24) is 4.98 Å². The highest BCUT2D eigenvalue weighted by atomic mass is 16.5. The number of aromatic nitrogens is 1. The normalized spacial score (nSPS) is 10.4. The third-order valence-corrected chi connectivity index (χ3v) is 4.07. The van der Waals surface area contributed by atoms with Gasteiger partial charge >= 0.3 is 0 Å². The van der Waals surface area contributed by atoms with Crippen LogP contribution in [0, 0.1) is 0 Å². The van der Waals surface area contributed by atoms with Gasteiger partial charge in [-0.05, 0) is 41.5 Å². The van der Waals surface area contributed by atoms with Crippen molar-refractivity contribution in [2.45, 2.75) is 0 Å². The van der Waals surface area contributed by atoms with Crippen LogP contribution >= 0.6 is 0 Å². The molecule has 0 atom stereocenters. The minimum Gasteiger partial charge on any atom is -0.493 e. The number of aromatic amines is 1. The van der Waals surface area contributed by atoms with E-state index in [2.05, 4.69) is 4.98 Å². The summed E-state index contributed by atoms with van der Waals surface area (Å²) >= 11 is 0. The van der Waals surface area contributed by atoms with Gasteiger partial charge in [0.2, 0.25) is 11.5 Å². The summed E-state index contributed by atoms with van der Waals surface area (Å²) in [5.74, 6) is 1.12. The highest BCUT2D eigenvalue weighted by Gasteiger charge is 2.19. The van der Waals surface area contributed by atoms with Crippen molar-refractivity contribution in [2.75, 3.05) is 27.1 Å². The summed E-state index contributed by atoms with van der Waals surface area (Å²) in [7, 11) is 4.54. The van der Waals surface area contributed by atoms with Crippen LogP contribution in [0.5, 0.6) is 17.2 Å². The molecule has 134 valence electrons. The van der Waals surface area contributed by atoms with Gasteiger partial charge in [-0.2, -0.15) is 0 Å². The van der Waals surface area contributed by atoms with Crippen molar-refractivity contribution in [1.29, 1.82) is 0 Å². The van der Waals surface area contributed by atoms with Gasteiger partial charge in [0.25, 0.3) is 0 Å². The van der Waals surface area contributed by atoms with Gasteiger partial charge < -0.3 is 24.9 Å². The zero-order valence-corrected chi connectivity index (χ0v) is 14.8. The first-order chi connectivity index (χ1) is 12.6. The number of nitrogens with two attached hydrogens (primary N) is 1. The van der Waals surface area contributed by atoms with E-state index in [-0.39, 0.29) is 5.78 Å². The van der Waals surface area contributed by atoms with Crippen molar-refractivity contribution in [2.24, 2.45) is 0 Å². The first kappa shape index (κ1) is 17.4. The van der Waals surface area contributed by atoms with Crippen LogP contribution in [0.3, 0.4) is 0 Å². The van der Waals surface area contributed by atoms with E-state index in [1.165, 1.54) is 21.3 Å². The molecule has 3 rings (SSSR count). The Morgan fingerprint density at radius 2 is 1.62 bits per heavy atom. The lowest BCUT2D eigenvalue weighted by Crippen LogP contribution is -2.04. The molecular weight excluding hydrogens is 332 g/mol. The Morgan fingerprint density at radius 3 is 2.19 bits per heavy atom. The molecule has 0 unspecified atom stereocenters. The van der Waals surface area contributed by atoms with Gasteiger partial charge in [0, 0.05) is 17.4 Å². The Balaban J connectivity index is 1.98. The lowest BCUT2D eigenvalue weighted by Gasteiger charge is -2.13. The lowest BCUT2D eigenvalue weighted by molar-refractivity contribution is 0.103. The summed E-state index contributed by atoms with van der Waals surface area (Å²) in [5, 5.41) is 0. The molecule has 0 aliphatic heterocycles. The van der Waals surface area contributed by atoms with Crippen molar-refractivity contribution < 1.29 is 19.0 Å². The number of methoxy groups -OCH3 is 3. The molecule has 0 amide bonds. The maximum atomic E-state index is 12.9. The Hall–Kier alpha value is -3.41. The maximum Gasteiger partial charge on any atom is 0.209 e. The standard InChI is InChI=1S/C20H20N2O4/c1-24-17-9-13(10-18(25-2)20(17)26-3)19(23)16-8-14(11-22-16)12-5-4-6-15(21)7-12/h4-11,22H,21H2,1-3H3. The van der Waals surface area contributed by atoms with E-state index in [4.69, 9.17) is 19.9 Å². The van der Waals surface area contributed by atoms with E-state index in [1.807, 2.05) is 24.3 Å². The van der Waals surface area contributed by atoms with Crippen LogP contribution in [0.2, 0.25) is 0 Å². The fourth-order valence-corrected chi connectivity index (χ4v) is 2.78. The third kappa shape index (κ3) is 3.21. The molecule has 3 N–H and O–H groups in total. The molecule has 6 heteroatoms. The number of rotatable bonds is 6. The summed E-state index contributed by atoms with van der Waals surface area (Å²) in [5.41, 5.74) is 9.20. The molecule has 0 radical (unpaired) electrons. The third-order valence-electron chi connectivity index (χ3n) is 4.07. The number of hydrogen-bond acceptors (Lipinski definition) is 5. The molecule has 0 spiro atoms. The lowest BCUT2D eigenvalue weighted by atomic mass is 10.0. The van der Waals surface area contributed by atoms with Gasteiger partial charge in [-0.25, -0.2) is 0 Å². The average molecular weight is 352 g/mol. The van der Waals surface area contributed by atoms with E-state index in [0.29, 0.717) is 34.2 Å². The zero-order valence-electron chi connectivity index (χ0n) is 14.8. The summed E-state index contributed by atoms with van der Waals surface area (Å²) in [6.45, 7) is 0. The highest BCUT2D eigenvalue weighted by Crippen LogP contribution is 2.38. The predicted molar refractivity (Wildman–Crippen MR) is 100 cm³/mol. The molecule has 3 aromatic rings. The topological polar surface area (TPSA) is 86.6 Å². The number of ether oxygens (including phenoxy) is 3. The van der Waals surface area contributed by atoms with E-state index in [1.54, 1.807) is 24.4 Å². The van der Waals surface area contributed by atoms with Gasteiger partial charge in [0.05, 0.1) is 27.0 Å². The number of nitrogens with one attached hydrogen (secondary N) is 1. The van der Waals surface area contributed by atoms with Crippen LogP contribution in [-0.4, -0.2) is 32.1 Å². The second kappa shape index (κ2) is 7.23. The Kier molecular flexibility index (Phi) is 4.84. The molecule has 1 aromatic heterocycles. The molecule has 6 nitrogen and oxygen atoms in total. The van der Waals surface area contributed by atoms with E-state index < -0.39 is 0 Å². The fourth-order valence-electron chi connectivity index (χ4n) is 2.78. The maximum absolute atomic E-state index is 12.9. The van der Waals surface area contributed by atoms with Crippen molar-refractivity contribution in [3.05, 3.63) is 59.9 Å². The minimum atomic E-state index is -0.181. The number of carbonyl (C=O) groups is 1. The van der Waals surface area contributed by atoms with Gasteiger partial charge in [-0.1, -0.05) is 12.1 Å². The quantitative estimate of drug-likeness (QED) is 0.524. The molecule has 26 heavy (non-hydrogen) atoms. The molecular formula is C20H20N2O4. The van der Waals surface area contributed by atoms with E-state index in [9.17, 15) is 4.79 Å².